The Hall–Kier alpha value is -3.13. The van der Waals surface area contributed by atoms with E-state index in [0.717, 1.165) is 17.8 Å². The Bertz CT molecular complexity index is 1120. The van der Waals surface area contributed by atoms with Gasteiger partial charge in [-0.05, 0) is 53.6 Å². The summed E-state index contributed by atoms with van der Waals surface area (Å²) in [5.41, 5.74) is 8.98. The van der Waals surface area contributed by atoms with Crippen molar-refractivity contribution in [1.82, 2.24) is 9.55 Å². The Labute approximate surface area is 173 Å². The van der Waals surface area contributed by atoms with E-state index in [1.165, 1.54) is 33.5 Å². The van der Waals surface area contributed by atoms with Crippen LogP contribution in [0.3, 0.4) is 0 Å². The van der Waals surface area contributed by atoms with E-state index in [0.29, 0.717) is 5.92 Å². The van der Waals surface area contributed by atoms with E-state index in [9.17, 15) is 0 Å². The first-order valence-corrected chi connectivity index (χ1v) is 10.4. The highest BCUT2D eigenvalue weighted by molar-refractivity contribution is 5.71. The molecular weight excluding hydrogens is 352 g/mol. The Balaban J connectivity index is 1.94. The molecule has 1 aromatic heterocycles. The molecule has 0 bridgehead atoms. The van der Waals surface area contributed by atoms with Crippen molar-refractivity contribution in [3.63, 3.8) is 0 Å². The Kier molecular flexibility index (Phi) is 5.35. The van der Waals surface area contributed by atoms with Gasteiger partial charge in [-0.2, -0.15) is 0 Å². The van der Waals surface area contributed by atoms with Crippen molar-refractivity contribution in [3.8, 4) is 28.2 Å². The third-order valence-corrected chi connectivity index (χ3v) is 5.49. The highest BCUT2D eigenvalue weighted by Crippen LogP contribution is 2.35. The van der Waals surface area contributed by atoms with Gasteiger partial charge in [0.2, 0.25) is 0 Å². The molecule has 0 fully saturated rings. The van der Waals surface area contributed by atoms with Crippen LogP contribution in [0.15, 0.2) is 79.1 Å². The number of nitrogens with zero attached hydrogens (tertiary/aromatic N) is 2. The van der Waals surface area contributed by atoms with Crippen LogP contribution in [0.1, 0.15) is 43.4 Å². The van der Waals surface area contributed by atoms with Crippen molar-refractivity contribution in [2.45, 2.75) is 40.0 Å². The molecule has 2 heteroatoms. The lowest BCUT2D eigenvalue weighted by Crippen LogP contribution is -2.07. The predicted octanol–water partition coefficient (Wildman–Crippen LogP) is 7.20. The van der Waals surface area contributed by atoms with Gasteiger partial charge in [0.15, 0.2) is 0 Å². The first-order valence-electron chi connectivity index (χ1n) is 10.4. The minimum absolute atomic E-state index is 0.408. The van der Waals surface area contributed by atoms with E-state index in [-0.39, 0.29) is 0 Å². The van der Waals surface area contributed by atoms with Crippen LogP contribution in [-0.2, 0) is 6.42 Å². The summed E-state index contributed by atoms with van der Waals surface area (Å²) in [4.78, 5) is 4.69. The van der Waals surface area contributed by atoms with E-state index in [2.05, 4.69) is 99.1 Å². The second-order valence-corrected chi connectivity index (χ2v) is 7.94. The molecule has 0 aliphatic rings. The maximum absolute atomic E-state index is 4.69. The fraction of sp³-hybridized carbons (Fsp3) is 0.222. The number of hydrogen-bond acceptors (Lipinski definition) is 1. The van der Waals surface area contributed by atoms with E-state index in [4.69, 9.17) is 4.98 Å². The lowest BCUT2D eigenvalue weighted by Gasteiger charge is -2.21. The Morgan fingerprint density at radius 3 is 2.31 bits per heavy atom. The second-order valence-electron chi connectivity index (χ2n) is 7.94. The van der Waals surface area contributed by atoms with Gasteiger partial charge in [-0.3, -0.25) is 4.57 Å². The second kappa shape index (κ2) is 8.08. The summed E-state index contributed by atoms with van der Waals surface area (Å²) < 4.78 is 2.27. The van der Waals surface area contributed by atoms with Gasteiger partial charge in [0.25, 0.3) is 0 Å². The van der Waals surface area contributed by atoms with E-state index in [1.54, 1.807) is 0 Å². The number of aromatic nitrogens is 2. The smallest absolute Gasteiger partial charge is 0.144 e. The number of imidazole rings is 1. The van der Waals surface area contributed by atoms with E-state index in [1.807, 2.05) is 12.3 Å². The van der Waals surface area contributed by atoms with Gasteiger partial charge in [-0.15, -0.1) is 0 Å². The molecule has 2 nitrogen and oxygen atoms in total. The third-order valence-electron chi connectivity index (χ3n) is 5.49. The van der Waals surface area contributed by atoms with Crippen molar-refractivity contribution in [3.05, 3.63) is 95.8 Å². The molecule has 4 aromatic rings. The Morgan fingerprint density at radius 2 is 1.62 bits per heavy atom. The van der Waals surface area contributed by atoms with Crippen LogP contribution in [0.5, 0.6) is 0 Å². The highest BCUT2D eigenvalue weighted by atomic mass is 15.1. The molecule has 0 radical (unpaired) electrons. The lowest BCUT2D eigenvalue weighted by molar-refractivity contribution is 0.839. The van der Waals surface area contributed by atoms with Crippen molar-refractivity contribution in [1.29, 1.82) is 0 Å². The maximum Gasteiger partial charge on any atom is 0.144 e. The first-order chi connectivity index (χ1) is 14.1. The highest BCUT2D eigenvalue weighted by Gasteiger charge is 2.18. The predicted molar refractivity (Wildman–Crippen MR) is 123 cm³/mol. The van der Waals surface area contributed by atoms with Crippen molar-refractivity contribution in [2.75, 3.05) is 0 Å². The van der Waals surface area contributed by atoms with E-state index >= 15 is 0 Å². The minimum Gasteiger partial charge on any atom is -0.299 e. The molecule has 29 heavy (non-hydrogen) atoms. The molecule has 0 spiro atoms. The van der Waals surface area contributed by atoms with Crippen molar-refractivity contribution < 1.29 is 0 Å². The van der Waals surface area contributed by atoms with Gasteiger partial charge in [0.1, 0.15) is 5.82 Å². The molecule has 146 valence electrons. The van der Waals surface area contributed by atoms with Gasteiger partial charge in [0, 0.05) is 18.0 Å². The number of aryl methyl sites for hydroxylation is 2. The fourth-order valence-corrected chi connectivity index (χ4v) is 4.00. The maximum atomic E-state index is 4.69. The lowest BCUT2D eigenvalue weighted by atomic mass is 9.90. The van der Waals surface area contributed by atoms with Crippen LogP contribution < -0.4 is 0 Å². The molecule has 0 atom stereocenters. The standard InChI is InChI=1S/C27H28N2/c1-5-21-17-24(23-13-9-10-20(4)16-23)18-25(19(2)3)26(21)29-15-14-28-27(29)22-11-7-6-8-12-22/h6-19H,5H2,1-4H3. The van der Waals surface area contributed by atoms with Gasteiger partial charge in [-0.25, -0.2) is 4.98 Å². The van der Waals surface area contributed by atoms with Crippen LogP contribution in [0.2, 0.25) is 0 Å². The quantitative estimate of drug-likeness (QED) is 0.358. The zero-order valence-corrected chi connectivity index (χ0v) is 17.7. The van der Waals surface area contributed by atoms with Crippen LogP contribution in [0.4, 0.5) is 0 Å². The summed E-state index contributed by atoms with van der Waals surface area (Å²) >= 11 is 0. The molecule has 0 aliphatic heterocycles. The van der Waals surface area contributed by atoms with Crippen molar-refractivity contribution >= 4 is 0 Å². The zero-order valence-electron chi connectivity index (χ0n) is 17.7. The number of benzene rings is 3. The normalized spacial score (nSPS) is 11.2. The summed E-state index contributed by atoms with van der Waals surface area (Å²) in [5, 5.41) is 0. The summed E-state index contributed by atoms with van der Waals surface area (Å²) in [6.07, 6.45) is 4.97. The topological polar surface area (TPSA) is 17.8 Å². The molecule has 0 saturated heterocycles. The largest absolute Gasteiger partial charge is 0.299 e. The first kappa shape index (κ1) is 19.2. The van der Waals surface area contributed by atoms with Gasteiger partial charge < -0.3 is 0 Å². The Morgan fingerprint density at radius 1 is 0.862 bits per heavy atom. The minimum atomic E-state index is 0.408. The van der Waals surface area contributed by atoms with Crippen LogP contribution >= 0.6 is 0 Å². The molecule has 0 amide bonds. The third kappa shape index (κ3) is 3.75. The number of hydrogen-bond donors (Lipinski definition) is 0. The molecular formula is C27H28N2. The molecule has 0 saturated carbocycles. The number of rotatable bonds is 5. The molecule has 1 heterocycles. The molecule has 0 N–H and O–H groups in total. The monoisotopic (exact) mass is 380 g/mol. The zero-order chi connectivity index (χ0) is 20.4. The molecule has 4 rings (SSSR count). The SMILES string of the molecule is CCc1cc(-c2cccc(C)c2)cc(C(C)C)c1-n1ccnc1-c1ccccc1. The van der Waals surface area contributed by atoms with Crippen LogP contribution in [0.25, 0.3) is 28.2 Å². The van der Waals surface area contributed by atoms with E-state index < -0.39 is 0 Å². The van der Waals surface area contributed by atoms with Gasteiger partial charge in [-0.1, -0.05) is 80.9 Å². The fourth-order valence-electron chi connectivity index (χ4n) is 4.00. The molecule has 3 aromatic carbocycles. The average molecular weight is 381 g/mol. The summed E-state index contributed by atoms with van der Waals surface area (Å²) in [5.74, 6) is 1.40. The van der Waals surface area contributed by atoms with Gasteiger partial charge in [0.05, 0.1) is 5.69 Å². The van der Waals surface area contributed by atoms with Gasteiger partial charge >= 0.3 is 0 Å². The summed E-state index contributed by atoms with van der Waals surface area (Å²) in [6, 6.07) is 23.9. The summed E-state index contributed by atoms with van der Waals surface area (Å²) in [7, 11) is 0. The van der Waals surface area contributed by atoms with Crippen molar-refractivity contribution in [2.24, 2.45) is 0 Å². The molecule has 0 unspecified atom stereocenters. The average Bonchev–Trinajstić information content (AvgIpc) is 3.22. The summed E-state index contributed by atoms with van der Waals surface area (Å²) in [6.45, 7) is 8.94. The van der Waals surface area contributed by atoms with Crippen LogP contribution in [-0.4, -0.2) is 9.55 Å². The van der Waals surface area contributed by atoms with Crippen LogP contribution in [0, 0.1) is 6.92 Å². The molecule has 0 aliphatic carbocycles.